The summed E-state index contributed by atoms with van der Waals surface area (Å²) in [5.74, 6) is 2.81. The number of amides is 1. The van der Waals surface area contributed by atoms with Gasteiger partial charge in [0.05, 0.1) is 21.3 Å². The maximum absolute atomic E-state index is 13.1. The van der Waals surface area contributed by atoms with E-state index >= 15 is 0 Å². The van der Waals surface area contributed by atoms with Gasteiger partial charge in [0.25, 0.3) is 5.91 Å². The van der Waals surface area contributed by atoms with Crippen LogP contribution in [0.1, 0.15) is 21.5 Å². The molecule has 142 valence electrons. The number of hydrogen-bond donors (Lipinski definition) is 0. The van der Waals surface area contributed by atoms with Crippen LogP contribution in [0.5, 0.6) is 28.7 Å². The Balaban J connectivity index is 1.62. The standard InChI is InChI=1S/C20H21NO6/c1-23-17-7-13(8-18(24-2)19(17)25-3)20(22)21-5-4-12-6-15-16(27-11-26-15)9-14(12)10-21/h6-9H,4-5,10-11H2,1-3H3. The number of ether oxygens (including phenoxy) is 5. The second-order valence-electron chi connectivity index (χ2n) is 6.36. The molecule has 0 radical (unpaired) electrons. The Morgan fingerprint density at radius 2 is 1.56 bits per heavy atom. The zero-order chi connectivity index (χ0) is 19.0. The van der Waals surface area contributed by atoms with Crippen molar-refractivity contribution < 1.29 is 28.5 Å². The number of methoxy groups -OCH3 is 3. The van der Waals surface area contributed by atoms with Gasteiger partial charge in [-0.15, -0.1) is 0 Å². The minimum absolute atomic E-state index is 0.0856. The molecule has 0 N–H and O–H groups in total. The van der Waals surface area contributed by atoms with Crippen molar-refractivity contribution in [2.75, 3.05) is 34.7 Å². The maximum Gasteiger partial charge on any atom is 0.254 e. The van der Waals surface area contributed by atoms with Crippen molar-refractivity contribution in [1.29, 1.82) is 0 Å². The SMILES string of the molecule is COc1cc(C(=O)N2CCc3cc4c(cc3C2)OCO4)cc(OC)c1OC. The fraction of sp³-hybridized carbons (Fsp3) is 0.350. The normalized spacial score (nSPS) is 14.6. The summed E-state index contributed by atoms with van der Waals surface area (Å²) in [5.41, 5.74) is 2.76. The second-order valence-corrected chi connectivity index (χ2v) is 6.36. The van der Waals surface area contributed by atoms with Gasteiger partial charge in [0, 0.05) is 18.7 Å². The molecule has 7 nitrogen and oxygen atoms in total. The first-order valence-corrected chi connectivity index (χ1v) is 8.65. The van der Waals surface area contributed by atoms with Gasteiger partial charge in [-0.05, 0) is 41.8 Å². The minimum atomic E-state index is -0.0856. The van der Waals surface area contributed by atoms with E-state index in [9.17, 15) is 4.79 Å². The highest BCUT2D eigenvalue weighted by Gasteiger charge is 2.27. The molecular weight excluding hydrogens is 350 g/mol. The largest absolute Gasteiger partial charge is 0.493 e. The van der Waals surface area contributed by atoms with Crippen LogP contribution in [0.4, 0.5) is 0 Å². The van der Waals surface area contributed by atoms with E-state index in [0.717, 1.165) is 23.5 Å². The third-order valence-corrected chi connectivity index (χ3v) is 4.91. The highest BCUT2D eigenvalue weighted by atomic mass is 16.7. The van der Waals surface area contributed by atoms with Crippen LogP contribution < -0.4 is 23.7 Å². The van der Waals surface area contributed by atoms with Gasteiger partial charge < -0.3 is 28.6 Å². The zero-order valence-corrected chi connectivity index (χ0v) is 15.5. The van der Waals surface area contributed by atoms with Crippen LogP contribution in [-0.2, 0) is 13.0 Å². The van der Waals surface area contributed by atoms with Crippen LogP contribution in [0.25, 0.3) is 0 Å². The molecule has 4 rings (SSSR count). The smallest absolute Gasteiger partial charge is 0.254 e. The Morgan fingerprint density at radius 3 is 2.15 bits per heavy atom. The lowest BCUT2D eigenvalue weighted by Gasteiger charge is -2.29. The predicted octanol–water partition coefficient (Wildman–Crippen LogP) is 2.64. The highest BCUT2D eigenvalue weighted by Crippen LogP contribution is 2.40. The van der Waals surface area contributed by atoms with E-state index in [2.05, 4.69) is 0 Å². The lowest BCUT2D eigenvalue weighted by molar-refractivity contribution is 0.0733. The molecule has 2 aromatic rings. The molecule has 2 aromatic carbocycles. The van der Waals surface area contributed by atoms with Crippen LogP contribution in [0.15, 0.2) is 24.3 Å². The second kappa shape index (κ2) is 6.90. The quantitative estimate of drug-likeness (QED) is 0.823. The zero-order valence-electron chi connectivity index (χ0n) is 15.5. The van der Waals surface area contributed by atoms with Gasteiger partial charge in [0.1, 0.15) is 0 Å². The number of carbonyl (C=O) groups excluding carboxylic acids is 1. The first-order valence-electron chi connectivity index (χ1n) is 8.65. The van der Waals surface area contributed by atoms with E-state index in [1.165, 1.54) is 26.9 Å². The lowest BCUT2D eigenvalue weighted by Crippen LogP contribution is -2.36. The van der Waals surface area contributed by atoms with Crippen LogP contribution in [0.3, 0.4) is 0 Å². The summed E-state index contributed by atoms with van der Waals surface area (Å²) in [5, 5.41) is 0. The van der Waals surface area contributed by atoms with E-state index < -0.39 is 0 Å². The van der Waals surface area contributed by atoms with E-state index in [-0.39, 0.29) is 12.7 Å². The van der Waals surface area contributed by atoms with Crippen molar-refractivity contribution in [2.45, 2.75) is 13.0 Å². The average Bonchev–Trinajstić information content (AvgIpc) is 3.17. The van der Waals surface area contributed by atoms with E-state index in [1.54, 1.807) is 12.1 Å². The minimum Gasteiger partial charge on any atom is -0.493 e. The summed E-state index contributed by atoms with van der Waals surface area (Å²) in [6.07, 6.45) is 0.766. The molecule has 0 aromatic heterocycles. The fourth-order valence-corrected chi connectivity index (χ4v) is 3.51. The molecular formula is C20H21NO6. The molecule has 27 heavy (non-hydrogen) atoms. The maximum atomic E-state index is 13.1. The van der Waals surface area contributed by atoms with Crippen LogP contribution >= 0.6 is 0 Å². The summed E-state index contributed by atoms with van der Waals surface area (Å²) < 4.78 is 26.9. The highest BCUT2D eigenvalue weighted by molar-refractivity contribution is 5.95. The number of fused-ring (bicyclic) bond motifs is 2. The van der Waals surface area contributed by atoms with Gasteiger partial charge >= 0.3 is 0 Å². The topological polar surface area (TPSA) is 66.5 Å². The molecule has 0 spiro atoms. The van der Waals surface area contributed by atoms with Crippen molar-refractivity contribution in [3.05, 3.63) is 41.0 Å². The van der Waals surface area contributed by atoms with Crippen molar-refractivity contribution in [2.24, 2.45) is 0 Å². The molecule has 7 heteroatoms. The molecule has 2 aliphatic rings. The Bertz CT molecular complexity index is 869. The van der Waals surface area contributed by atoms with Crippen molar-refractivity contribution in [3.8, 4) is 28.7 Å². The summed E-state index contributed by atoms with van der Waals surface area (Å²) >= 11 is 0. The number of rotatable bonds is 4. The number of carbonyl (C=O) groups is 1. The van der Waals surface area contributed by atoms with Crippen LogP contribution in [-0.4, -0.2) is 45.5 Å². The Kier molecular flexibility index (Phi) is 4.43. The lowest BCUT2D eigenvalue weighted by atomic mass is 9.98. The summed E-state index contributed by atoms with van der Waals surface area (Å²) in [7, 11) is 4.60. The molecule has 1 amide bonds. The van der Waals surface area contributed by atoms with Crippen molar-refractivity contribution in [3.63, 3.8) is 0 Å². The molecule has 2 heterocycles. The summed E-state index contributed by atoms with van der Waals surface area (Å²) in [6.45, 7) is 1.38. The van der Waals surface area contributed by atoms with Gasteiger partial charge in [0.15, 0.2) is 23.0 Å². The third kappa shape index (κ3) is 2.99. The van der Waals surface area contributed by atoms with E-state index in [4.69, 9.17) is 23.7 Å². The summed E-state index contributed by atoms with van der Waals surface area (Å²) in [4.78, 5) is 14.9. The van der Waals surface area contributed by atoms with Gasteiger partial charge in [-0.1, -0.05) is 0 Å². The van der Waals surface area contributed by atoms with E-state index in [0.29, 0.717) is 35.9 Å². The molecule has 0 atom stereocenters. The first-order chi connectivity index (χ1) is 13.1. The van der Waals surface area contributed by atoms with Crippen molar-refractivity contribution >= 4 is 5.91 Å². The first kappa shape index (κ1) is 17.3. The Morgan fingerprint density at radius 1 is 0.926 bits per heavy atom. The third-order valence-electron chi connectivity index (χ3n) is 4.91. The molecule has 0 unspecified atom stereocenters. The van der Waals surface area contributed by atoms with Crippen LogP contribution in [0, 0.1) is 0 Å². The number of benzene rings is 2. The summed E-state index contributed by atoms with van der Waals surface area (Å²) in [6, 6.07) is 7.34. The molecule has 0 saturated heterocycles. The molecule has 0 fully saturated rings. The number of nitrogens with zero attached hydrogens (tertiary/aromatic N) is 1. The van der Waals surface area contributed by atoms with Gasteiger partial charge in [-0.2, -0.15) is 0 Å². The van der Waals surface area contributed by atoms with Crippen molar-refractivity contribution in [1.82, 2.24) is 4.90 Å². The van der Waals surface area contributed by atoms with Gasteiger partial charge in [-0.25, -0.2) is 0 Å². The monoisotopic (exact) mass is 371 g/mol. The van der Waals surface area contributed by atoms with Gasteiger partial charge in [0.2, 0.25) is 12.5 Å². The van der Waals surface area contributed by atoms with E-state index in [1.807, 2.05) is 17.0 Å². The Hall–Kier alpha value is -3.09. The fourth-order valence-electron chi connectivity index (χ4n) is 3.51. The molecule has 2 aliphatic heterocycles. The predicted molar refractivity (Wildman–Crippen MR) is 97.1 cm³/mol. The van der Waals surface area contributed by atoms with Crippen LogP contribution in [0.2, 0.25) is 0 Å². The van der Waals surface area contributed by atoms with Gasteiger partial charge in [-0.3, -0.25) is 4.79 Å². The molecule has 0 bridgehead atoms. The Labute approximate surface area is 157 Å². The average molecular weight is 371 g/mol. The number of hydrogen-bond acceptors (Lipinski definition) is 6. The molecule has 0 saturated carbocycles. The molecule has 0 aliphatic carbocycles.